The van der Waals surface area contributed by atoms with E-state index in [-0.39, 0.29) is 0 Å². The molecule has 0 aromatic carbocycles. The van der Waals surface area contributed by atoms with E-state index in [0.717, 1.165) is 16.4 Å². The van der Waals surface area contributed by atoms with E-state index in [2.05, 4.69) is 16.9 Å². The van der Waals surface area contributed by atoms with Crippen LogP contribution in [0.3, 0.4) is 0 Å². The van der Waals surface area contributed by atoms with Crippen LogP contribution < -0.4 is 0 Å². The Morgan fingerprint density at radius 1 is 1.62 bits per heavy atom. The summed E-state index contributed by atoms with van der Waals surface area (Å²) in [5, 5.41) is 0.976. The second kappa shape index (κ2) is 3.52. The van der Waals surface area contributed by atoms with Gasteiger partial charge in [0.15, 0.2) is 0 Å². The molecule has 2 aromatic rings. The number of aromatic nitrogens is 2. The summed E-state index contributed by atoms with van der Waals surface area (Å²) in [5.74, 6) is 0.492. The van der Waals surface area contributed by atoms with Crippen molar-refractivity contribution < 1.29 is 0 Å². The molecule has 13 heavy (non-hydrogen) atoms. The lowest BCUT2D eigenvalue weighted by molar-refractivity contribution is 1.23. The van der Waals surface area contributed by atoms with Crippen molar-refractivity contribution in [2.75, 3.05) is 0 Å². The maximum absolute atomic E-state index is 5.71. The first-order chi connectivity index (χ1) is 6.31. The van der Waals surface area contributed by atoms with Gasteiger partial charge < -0.3 is 4.98 Å². The average Bonchev–Trinajstić information content (AvgIpc) is 2.72. The fourth-order valence-electron chi connectivity index (χ4n) is 1.24. The molecule has 1 N–H and O–H groups in total. The minimum absolute atomic E-state index is 0.492. The highest BCUT2D eigenvalue weighted by molar-refractivity contribution is 7.12. The number of halogens is 1. The number of nitrogens with zero attached hydrogens (tertiary/aromatic N) is 1. The predicted molar refractivity (Wildman–Crippen MR) is 56.2 cm³/mol. The molecule has 2 nitrogen and oxygen atoms in total. The van der Waals surface area contributed by atoms with E-state index < -0.39 is 0 Å². The summed E-state index contributed by atoms with van der Waals surface area (Å²) in [6.45, 7) is 2.06. The van der Waals surface area contributed by atoms with Gasteiger partial charge in [0.25, 0.3) is 0 Å². The van der Waals surface area contributed by atoms with E-state index in [0.29, 0.717) is 5.88 Å². The number of aromatic amines is 1. The van der Waals surface area contributed by atoms with Crippen LogP contribution in [0.1, 0.15) is 9.88 Å². The smallest absolute Gasteiger partial charge is 0.108 e. The van der Waals surface area contributed by atoms with Crippen LogP contribution in [0.5, 0.6) is 0 Å². The first-order valence-corrected chi connectivity index (χ1v) is 5.32. The van der Waals surface area contributed by atoms with Crippen molar-refractivity contribution in [3.05, 3.63) is 28.2 Å². The molecule has 68 valence electrons. The van der Waals surface area contributed by atoms with Crippen LogP contribution in [0.2, 0.25) is 0 Å². The number of hydrogen-bond donors (Lipinski definition) is 1. The van der Waals surface area contributed by atoms with Crippen LogP contribution in [-0.2, 0) is 5.88 Å². The zero-order valence-corrected chi connectivity index (χ0v) is 8.75. The SMILES string of the molecule is Cc1sc(CCl)nc1-c1ccc[nH]1. The molecule has 0 amide bonds. The molecule has 0 aliphatic heterocycles. The van der Waals surface area contributed by atoms with E-state index in [4.69, 9.17) is 11.6 Å². The summed E-state index contributed by atoms with van der Waals surface area (Å²) in [5.41, 5.74) is 2.08. The Labute approximate surface area is 85.6 Å². The zero-order chi connectivity index (χ0) is 9.26. The van der Waals surface area contributed by atoms with Crippen molar-refractivity contribution in [1.29, 1.82) is 0 Å². The minimum Gasteiger partial charge on any atom is -0.360 e. The molecule has 0 radical (unpaired) electrons. The Hall–Kier alpha value is -0.800. The molecule has 0 bridgehead atoms. The third kappa shape index (κ3) is 1.62. The number of aryl methyl sites for hydroxylation is 1. The van der Waals surface area contributed by atoms with Gasteiger partial charge in [-0.1, -0.05) is 0 Å². The van der Waals surface area contributed by atoms with Crippen LogP contribution in [0.4, 0.5) is 0 Å². The monoisotopic (exact) mass is 212 g/mol. The normalized spacial score (nSPS) is 10.6. The van der Waals surface area contributed by atoms with Crippen LogP contribution in [-0.4, -0.2) is 9.97 Å². The molecular formula is C9H9ClN2S. The number of hydrogen-bond acceptors (Lipinski definition) is 2. The number of alkyl halides is 1. The largest absolute Gasteiger partial charge is 0.360 e. The molecule has 0 unspecified atom stereocenters. The van der Waals surface area contributed by atoms with Crippen molar-refractivity contribution in [1.82, 2.24) is 9.97 Å². The molecular weight excluding hydrogens is 204 g/mol. The van der Waals surface area contributed by atoms with E-state index in [1.54, 1.807) is 11.3 Å². The molecule has 2 heterocycles. The summed E-state index contributed by atoms with van der Waals surface area (Å²) in [6, 6.07) is 3.98. The van der Waals surface area contributed by atoms with Crippen LogP contribution in [0.15, 0.2) is 18.3 Å². The lowest BCUT2D eigenvalue weighted by atomic mass is 10.3. The summed E-state index contributed by atoms with van der Waals surface area (Å²) in [6.07, 6.45) is 1.90. The fourth-order valence-corrected chi connectivity index (χ4v) is 2.26. The highest BCUT2D eigenvalue weighted by Crippen LogP contribution is 2.26. The summed E-state index contributed by atoms with van der Waals surface area (Å²) in [4.78, 5) is 8.77. The topological polar surface area (TPSA) is 28.7 Å². The fraction of sp³-hybridized carbons (Fsp3) is 0.222. The van der Waals surface area contributed by atoms with Gasteiger partial charge in [0.05, 0.1) is 11.6 Å². The summed E-state index contributed by atoms with van der Waals surface area (Å²) in [7, 11) is 0. The van der Waals surface area contributed by atoms with Gasteiger partial charge in [0.2, 0.25) is 0 Å². The molecule has 0 saturated carbocycles. The van der Waals surface area contributed by atoms with Gasteiger partial charge in [-0.2, -0.15) is 0 Å². The van der Waals surface area contributed by atoms with Gasteiger partial charge in [-0.15, -0.1) is 22.9 Å². The molecule has 0 atom stereocenters. The van der Waals surface area contributed by atoms with Crippen molar-refractivity contribution in [2.24, 2.45) is 0 Å². The molecule has 0 spiro atoms. The Kier molecular flexibility index (Phi) is 2.38. The Morgan fingerprint density at radius 2 is 2.46 bits per heavy atom. The minimum atomic E-state index is 0.492. The lowest BCUT2D eigenvalue weighted by Gasteiger charge is -1.91. The van der Waals surface area contributed by atoms with E-state index in [1.165, 1.54) is 4.88 Å². The van der Waals surface area contributed by atoms with Gasteiger partial charge in [-0.25, -0.2) is 4.98 Å². The molecule has 2 aromatic heterocycles. The molecule has 2 rings (SSSR count). The Bertz CT molecular complexity index is 392. The molecule has 0 aliphatic rings. The Morgan fingerprint density at radius 3 is 3.00 bits per heavy atom. The standard InChI is InChI=1S/C9H9ClN2S/c1-6-9(7-3-2-4-11-7)12-8(5-10)13-6/h2-4,11H,5H2,1H3. The lowest BCUT2D eigenvalue weighted by Crippen LogP contribution is -1.80. The van der Waals surface area contributed by atoms with Crippen molar-refractivity contribution in [2.45, 2.75) is 12.8 Å². The van der Waals surface area contributed by atoms with Crippen LogP contribution >= 0.6 is 22.9 Å². The highest BCUT2D eigenvalue weighted by atomic mass is 35.5. The summed E-state index contributed by atoms with van der Waals surface area (Å²) < 4.78 is 0. The van der Waals surface area contributed by atoms with Gasteiger partial charge in [-0.3, -0.25) is 0 Å². The molecule has 0 fully saturated rings. The van der Waals surface area contributed by atoms with Gasteiger partial charge >= 0.3 is 0 Å². The van der Waals surface area contributed by atoms with Gasteiger partial charge in [0, 0.05) is 11.1 Å². The second-order valence-corrected chi connectivity index (χ2v) is 4.28. The number of rotatable bonds is 2. The summed E-state index contributed by atoms with van der Waals surface area (Å²) >= 11 is 7.36. The molecule has 0 aliphatic carbocycles. The third-order valence-electron chi connectivity index (χ3n) is 1.81. The number of thiazole rings is 1. The first-order valence-electron chi connectivity index (χ1n) is 3.97. The quantitative estimate of drug-likeness (QED) is 0.762. The van der Waals surface area contributed by atoms with Crippen molar-refractivity contribution in [3.8, 4) is 11.4 Å². The molecule has 4 heteroatoms. The van der Waals surface area contributed by atoms with Crippen molar-refractivity contribution in [3.63, 3.8) is 0 Å². The second-order valence-electron chi connectivity index (χ2n) is 2.73. The first kappa shape index (κ1) is 8.78. The van der Waals surface area contributed by atoms with Crippen LogP contribution in [0, 0.1) is 6.92 Å². The molecule has 0 saturated heterocycles. The van der Waals surface area contributed by atoms with Crippen LogP contribution in [0.25, 0.3) is 11.4 Å². The predicted octanol–water partition coefficient (Wildman–Crippen LogP) is 3.19. The zero-order valence-electron chi connectivity index (χ0n) is 7.17. The van der Waals surface area contributed by atoms with Gasteiger partial charge in [0.1, 0.15) is 10.7 Å². The van der Waals surface area contributed by atoms with E-state index >= 15 is 0 Å². The average molecular weight is 213 g/mol. The number of H-pyrrole nitrogens is 1. The maximum Gasteiger partial charge on any atom is 0.108 e. The third-order valence-corrected chi connectivity index (χ3v) is 3.19. The highest BCUT2D eigenvalue weighted by Gasteiger charge is 2.08. The Balaban J connectivity index is 2.46. The van der Waals surface area contributed by atoms with E-state index in [9.17, 15) is 0 Å². The van der Waals surface area contributed by atoms with Crippen molar-refractivity contribution >= 4 is 22.9 Å². The number of nitrogens with one attached hydrogen (secondary N) is 1. The van der Waals surface area contributed by atoms with Gasteiger partial charge in [-0.05, 0) is 19.1 Å². The maximum atomic E-state index is 5.71. The van der Waals surface area contributed by atoms with E-state index in [1.807, 2.05) is 18.3 Å².